The number of esters is 1. The van der Waals surface area contributed by atoms with Crippen molar-refractivity contribution in [1.82, 2.24) is 15.5 Å². The van der Waals surface area contributed by atoms with Gasteiger partial charge in [0, 0.05) is 6.20 Å². The number of aromatic amines is 1. The van der Waals surface area contributed by atoms with Crippen molar-refractivity contribution in [3.63, 3.8) is 0 Å². The zero-order chi connectivity index (χ0) is 12.1. The molecule has 0 aliphatic heterocycles. The van der Waals surface area contributed by atoms with E-state index in [-0.39, 0.29) is 11.8 Å². The second-order valence-corrected chi connectivity index (χ2v) is 3.69. The molecule has 0 aliphatic carbocycles. The highest BCUT2D eigenvalue weighted by Crippen LogP contribution is 2.04. The highest BCUT2D eigenvalue weighted by Gasteiger charge is 2.25. The summed E-state index contributed by atoms with van der Waals surface area (Å²) in [5.41, 5.74) is 0.314. The summed E-state index contributed by atoms with van der Waals surface area (Å²) >= 11 is 0. The number of aromatic nitrogens is 2. The van der Waals surface area contributed by atoms with Crippen LogP contribution in [-0.4, -0.2) is 35.2 Å². The number of hydrogen-bond donors (Lipinski definition) is 2. The smallest absolute Gasteiger partial charge is 0.328 e. The van der Waals surface area contributed by atoms with Crippen molar-refractivity contribution < 1.29 is 14.3 Å². The number of amides is 1. The van der Waals surface area contributed by atoms with E-state index in [0.717, 1.165) is 0 Å². The first-order chi connectivity index (χ1) is 7.56. The lowest BCUT2D eigenvalue weighted by molar-refractivity contribution is -0.144. The molecule has 1 atom stereocenters. The molecule has 0 aromatic carbocycles. The molecule has 1 rings (SSSR count). The fourth-order valence-corrected chi connectivity index (χ4v) is 1.23. The van der Waals surface area contributed by atoms with Crippen molar-refractivity contribution in [1.29, 1.82) is 0 Å². The zero-order valence-corrected chi connectivity index (χ0v) is 9.48. The normalized spacial score (nSPS) is 12.2. The summed E-state index contributed by atoms with van der Waals surface area (Å²) in [5, 5.41) is 8.77. The van der Waals surface area contributed by atoms with Gasteiger partial charge in [0.25, 0.3) is 5.91 Å². The standard InChI is InChI=1S/C10H15N3O3/c1-6(2)8(10(15)16-3)12-9(14)7-4-5-11-13-7/h4-6,8H,1-3H3,(H,11,13)(H,12,14). The van der Waals surface area contributed by atoms with Crippen LogP contribution < -0.4 is 5.32 Å². The summed E-state index contributed by atoms with van der Waals surface area (Å²) in [6.45, 7) is 3.66. The van der Waals surface area contributed by atoms with E-state index in [1.807, 2.05) is 13.8 Å². The fourth-order valence-electron chi connectivity index (χ4n) is 1.23. The van der Waals surface area contributed by atoms with Gasteiger partial charge in [-0.05, 0) is 12.0 Å². The van der Waals surface area contributed by atoms with Gasteiger partial charge in [0.1, 0.15) is 11.7 Å². The van der Waals surface area contributed by atoms with Crippen LogP contribution in [0.3, 0.4) is 0 Å². The van der Waals surface area contributed by atoms with E-state index < -0.39 is 12.0 Å². The maximum absolute atomic E-state index is 11.7. The van der Waals surface area contributed by atoms with Gasteiger partial charge >= 0.3 is 5.97 Å². The number of carbonyl (C=O) groups excluding carboxylic acids is 2. The van der Waals surface area contributed by atoms with Gasteiger partial charge in [-0.25, -0.2) is 4.79 Å². The molecule has 0 saturated heterocycles. The molecule has 2 N–H and O–H groups in total. The van der Waals surface area contributed by atoms with E-state index in [9.17, 15) is 9.59 Å². The third-order valence-corrected chi connectivity index (χ3v) is 2.15. The van der Waals surface area contributed by atoms with Gasteiger partial charge in [-0.3, -0.25) is 9.89 Å². The number of rotatable bonds is 4. The summed E-state index contributed by atoms with van der Waals surface area (Å²) in [6.07, 6.45) is 1.47. The third-order valence-electron chi connectivity index (χ3n) is 2.15. The number of carbonyl (C=O) groups is 2. The molecular formula is C10H15N3O3. The molecular weight excluding hydrogens is 210 g/mol. The van der Waals surface area contributed by atoms with Gasteiger partial charge < -0.3 is 10.1 Å². The molecule has 0 aliphatic rings. The molecule has 1 unspecified atom stereocenters. The van der Waals surface area contributed by atoms with E-state index in [0.29, 0.717) is 5.69 Å². The predicted octanol–water partition coefficient (Wildman–Crippen LogP) is 0.337. The van der Waals surface area contributed by atoms with Gasteiger partial charge in [0.2, 0.25) is 0 Å². The lowest BCUT2D eigenvalue weighted by Gasteiger charge is -2.19. The molecule has 88 valence electrons. The third kappa shape index (κ3) is 2.82. The number of hydrogen-bond acceptors (Lipinski definition) is 4. The highest BCUT2D eigenvalue weighted by molar-refractivity contribution is 5.95. The first-order valence-corrected chi connectivity index (χ1v) is 4.94. The molecule has 1 aromatic heterocycles. The Labute approximate surface area is 93.4 Å². The van der Waals surface area contributed by atoms with Crippen molar-refractivity contribution in [2.24, 2.45) is 5.92 Å². The Bertz CT molecular complexity index is 359. The van der Waals surface area contributed by atoms with Crippen LogP contribution in [0.4, 0.5) is 0 Å². The molecule has 16 heavy (non-hydrogen) atoms. The Kier molecular flexibility index (Phi) is 4.04. The van der Waals surface area contributed by atoms with E-state index in [1.165, 1.54) is 19.4 Å². The quantitative estimate of drug-likeness (QED) is 0.723. The molecule has 0 fully saturated rings. The predicted molar refractivity (Wildman–Crippen MR) is 56.7 cm³/mol. The van der Waals surface area contributed by atoms with Crippen molar-refractivity contribution >= 4 is 11.9 Å². The molecule has 0 saturated carbocycles. The summed E-state index contributed by atoms with van der Waals surface area (Å²) in [6, 6.07) is 0.880. The number of nitrogens with zero attached hydrogens (tertiary/aromatic N) is 1. The highest BCUT2D eigenvalue weighted by atomic mass is 16.5. The lowest BCUT2D eigenvalue weighted by Crippen LogP contribution is -2.45. The Morgan fingerprint density at radius 3 is 2.62 bits per heavy atom. The van der Waals surface area contributed by atoms with E-state index >= 15 is 0 Å². The maximum atomic E-state index is 11.7. The van der Waals surface area contributed by atoms with Gasteiger partial charge in [-0.15, -0.1) is 0 Å². The molecule has 6 heteroatoms. The monoisotopic (exact) mass is 225 g/mol. The van der Waals surface area contributed by atoms with Crippen molar-refractivity contribution in [2.45, 2.75) is 19.9 Å². The summed E-state index contributed by atoms with van der Waals surface area (Å²) in [4.78, 5) is 23.0. The molecule has 0 radical (unpaired) electrons. The van der Waals surface area contributed by atoms with E-state index in [2.05, 4.69) is 20.3 Å². The first kappa shape index (κ1) is 12.2. The Morgan fingerprint density at radius 1 is 1.50 bits per heavy atom. The maximum Gasteiger partial charge on any atom is 0.328 e. The molecule has 0 spiro atoms. The summed E-state index contributed by atoms with van der Waals surface area (Å²) < 4.78 is 4.61. The molecule has 6 nitrogen and oxygen atoms in total. The van der Waals surface area contributed by atoms with Crippen molar-refractivity contribution in [3.8, 4) is 0 Å². The second-order valence-electron chi connectivity index (χ2n) is 3.69. The zero-order valence-electron chi connectivity index (χ0n) is 9.48. The van der Waals surface area contributed by atoms with Crippen molar-refractivity contribution in [2.75, 3.05) is 7.11 Å². The minimum atomic E-state index is -0.652. The Hall–Kier alpha value is -1.85. The van der Waals surface area contributed by atoms with Crippen LogP contribution in [0, 0.1) is 5.92 Å². The van der Waals surface area contributed by atoms with Crippen LogP contribution in [-0.2, 0) is 9.53 Å². The van der Waals surface area contributed by atoms with Gasteiger partial charge in [0.15, 0.2) is 0 Å². The fraction of sp³-hybridized carbons (Fsp3) is 0.500. The SMILES string of the molecule is COC(=O)C(NC(=O)c1ccn[nH]1)C(C)C. The number of H-pyrrole nitrogens is 1. The molecule has 1 heterocycles. The second kappa shape index (κ2) is 5.29. The Morgan fingerprint density at radius 2 is 2.19 bits per heavy atom. The van der Waals surface area contributed by atoms with Gasteiger partial charge in [-0.2, -0.15) is 5.10 Å². The van der Waals surface area contributed by atoms with Gasteiger partial charge in [0.05, 0.1) is 7.11 Å². The average Bonchev–Trinajstić information content (AvgIpc) is 2.77. The topological polar surface area (TPSA) is 84.1 Å². The summed E-state index contributed by atoms with van der Waals surface area (Å²) in [7, 11) is 1.29. The summed E-state index contributed by atoms with van der Waals surface area (Å²) in [5.74, 6) is -0.871. The van der Waals surface area contributed by atoms with Gasteiger partial charge in [-0.1, -0.05) is 13.8 Å². The minimum absolute atomic E-state index is 0.0423. The van der Waals surface area contributed by atoms with E-state index in [1.54, 1.807) is 0 Å². The Balaban J connectivity index is 2.69. The number of methoxy groups -OCH3 is 1. The van der Waals surface area contributed by atoms with Crippen LogP contribution in [0.15, 0.2) is 12.3 Å². The molecule has 0 bridgehead atoms. The largest absolute Gasteiger partial charge is 0.467 e. The van der Waals surface area contributed by atoms with Crippen LogP contribution in [0.2, 0.25) is 0 Å². The van der Waals surface area contributed by atoms with Crippen LogP contribution >= 0.6 is 0 Å². The van der Waals surface area contributed by atoms with Crippen LogP contribution in [0.5, 0.6) is 0 Å². The average molecular weight is 225 g/mol. The number of nitrogens with one attached hydrogen (secondary N) is 2. The molecule has 1 amide bonds. The van der Waals surface area contributed by atoms with Crippen molar-refractivity contribution in [3.05, 3.63) is 18.0 Å². The molecule has 1 aromatic rings. The van der Waals surface area contributed by atoms with Crippen LogP contribution in [0.25, 0.3) is 0 Å². The van der Waals surface area contributed by atoms with Crippen LogP contribution in [0.1, 0.15) is 24.3 Å². The van der Waals surface area contributed by atoms with E-state index in [4.69, 9.17) is 0 Å². The minimum Gasteiger partial charge on any atom is -0.467 e. The first-order valence-electron chi connectivity index (χ1n) is 4.94. The lowest BCUT2D eigenvalue weighted by atomic mass is 10.0. The number of ether oxygens (including phenoxy) is 1.